The average molecular weight is 280 g/mol. The van der Waals surface area contributed by atoms with Crippen molar-refractivity contribution in [1.29, 1.82) is 0 Å². The fraction of sp³-hybridized carbons (Fsp3) is 0.556. The van der Waals surface area contributed by atoms with E-state index in [-0.39, 0.29) is 24.7 Å². The average Bonchev–Trinajstić information content (AvgIpc) is 2.21. The van der Waals surface area contributed by atoms with Crippen LogP contribution in [0.1, 0.15) is 18.5 Å². The van der Waals surface area contributed by atoms with Crippen molar-refractivity contribution >= 4 is 11.6 Å². The second-order valence-electron chi connectivity index (χ2n) is 3.65. The molecule has 0 amide bonds. The molecule has 0 unspecified atom stereocenters. The molecule has 0 fully saturated rings. The van der Waals surface area contributed by atoms with Crippen molar-refractivity contribution in [3.8, 4) is 5.88 Å². The van der Waals surface area contributed by atoms with E-state index >= 15 is 0 Å². The Morgan fingerprint density at radius 3 is 2.58 bits per heavy atom. The van der Waals surface area contributed by atoms with Gasteiger partial charge in [-0.3, -0.25) is 10.1 Å². The third-order valence-electron chi connectivity index (χ3n) is 2.07. The van der Waals surface area contributed by atoms with Crippen LogP contribution in [0.4, 0.5) is 24.8 Å². The number of ether oxygens (including phenoxy) is 1. The van der Waals surface area contributed by atoms with Crippen LogP contribution in [0.5, 0.6) is 5.88 Å². The van der Waals surface area contributed by atoms with Gasteiger partial charge in [-0.1, -0.05) is 0 Å². The number of rotatable bonds is 5. The molecule has 1 heterocycles. The topological polar surface area (TPSA) is 104 Å². The summed E-state index contributed by atoms with van der Waals surface area (Å²) < 4.78 is 40.6. The summed E-state index contributed by atoms with van der Waals surface area (Å²) in [7, 11) is 0. The summed E-state index contributed by atoms with van der Waals surface area (Å²) >= 11 is 0. The van der Waals surface area contributed by atoms with Crippen molar-refractivity contribution in [3.05, 3.63) is 15.8 Å². The van der Waals surface area contributed by atoms with Gasteiger partial charge in [-0.2, -0.15) is 18.2 Å². The Balaban J connectivity index is 2.75. The molecule has 1 aromatic rings. The minimum atomic E-state index is -4.30. The van der Waals surface area contributed by atoms with Crippen LogP contribution in [0, 0.1) is 17.0 Å². The van der Waals surface area contributed by atoms with E-state index < -0.39 is 29.1 Å². The molecule has 0 radical (unpaired) electrons. The van der Waals surface area contributed by atoms with Gasteiger partial charge in [0.2, 0.25) is 5.95 Å². The summed E-state index contributed by atoms with van der Waals surface area (Å²) in [6, 6.07) is 0. The highest BCUT2D eigenvalue weighted by molar-refractivity contribution is 5.47. The molecule has 0 atom stereocenters. The highest BCUT2D eigenvalue weighted by atomic mass is 19.4. The first-order valence-electron chi connectivity index (χ1n) is 5.19. The maximum atomic E-state index is 11.9. The van der Waals surface area contributed by atoms with Gasteiger partial charge in [0.15, 0.2) is 0 Å². The van der Waals surface area contributed by atoms with Crippen LogP contribution in [0.25, 0.3) is 0 Å². The fourth-order valence-electron chi connectivity index (χ4n) is 1.31. The van der Waals surface area contributed by atoms with E-state index in [9.17, 15) is 23.3 Å². The summed E-state index contributed by atoms with van der Waals surface area (Å²) in [5.41, 5.74) is 4.79. The van der Waals surface area contributed by atoms with E-state index in [0.717, 1.165) is 0 Å². The Labute approximate surface area is 105 Å². The van der Waals surface area contributed by atoms with Crippen molar-refractivity contribution < 1.29 is 22.8 Å². The number of nitro groups is 1. The molecule has 0 bridgehead atoms. The molecule has 1 aromatic heterocycles. The zero-order valence-corrected chi connectivity index (χ0v) is 9.90. The van der Waals surface area contributed by atoms with Crippen molar-refractivity contribution in [2.75, 3.05) is 12.3 Å². The summed E-state index contributed by atoms with van der Waals surface area (Å²) in [5, 5.41) is 10.8. The van der Waals surface area contributed by atoms with Crippen LogP contribution in [0.3, 0.4) is 0 Å². The number of nitrogens with zero attached hydrogens (tertiary/aromatic N) is 3. The Morgan fingerprint density at radius 2 is 2.05 bits per heavy atom. The monoisotopic (exact) mass is 280 g/mol. The molecule has 7 nitrogen and oxygen atoms in total. The van der Waals surface area contributed by atoms with Crippen molar-refractivity contribution in [1.82, 2.24) is 9.97 Å². The number of hydrogen-bond donors (Lipinski definition) is 1. The Morgan fingerprint density at radius 1 is 1.42 bits per heavy atom. The summed E-state index contributed by atoms with van der Waals surface area (Å²) in [6.07, 6.45) is -5.67. The van der Waals surface area contributed by atoms with E-state index in [1.165, 1.54) is 6.92 Å². The molecule has 19 heavy (non-hydrogen) atoms. The first kappa shape index (κ1) is 14.9. The molecule has 2 N–H and O–H groups in total. The van der Waals surface area contributed by atoms with Crippen LogP contribution in [0.2, 0.25) is 0 Å². The Bertz CT molecular complexity index is 479. The van der Waals surface area contributed by atoms with Crippen LogP contribution in [-0.4, -0.2) is 27.7 Å². The summed E-state index contributed by atoms with van der Waals surface area (Å²) in [4.78, 5) is 17.1. The van der Waals surface area contributed by atoms with Crippen molar-refractivity contribution in [2.24, 2.45) is 0 Å². The molecule has 0 aliphatic heterocycles. The zero-order valence-electron chi connectivity index (χ0n) is 9.90. The van der Waals surface area contributed by atoms with E-state index in [1.54, 1.807) is 0 Å². The standard InChI is InChI=1S/C9H11F3N4O3/c1-5-6(16(17)18)7(15-8(13)14-5)19-4-2-3-9(10,11)12/h2-4H2,1H3,(H2,13,14,15). The third kappa shape index (κ3) is 4.56. The Kier molecular flexibility index (Phi) is 4.46. The molecule has 0 aliphatic carbocycles. The smallest absolute Gasteiger partial charge is 0.389 e. The van der Waals surface area contributed by atoms with Gasteiger partial charge >= 0.3 is 11.9 Å². The summed E-state index contributed by atoms with van der Waals surface area (Å²) in [6.45, 7) is 0.981. The molecule has 0 spiro atoms. The molecule has 0 saturated heterocycles. The number of aryl methyl sites for hydroxylation is 1. The van der Waals surface area contributed by atoms with Gasteiger partial charge < -0.3 is 10.5 Å². The largest absolute Gasteiger partial charge is 0.473 e. The number of anilines is 1. The lowest BCUT2D eigenvalue weighted by Gasteiger charge is -2.08. The maximum absolute atomic E-state index is 11.9. The molecule has 10 heteroatoms. The Hall–Kier alpha value is -2.13. The second kappa shape index (κ2) is 5.67. The SMILES string of the molecule is Cc1nc(N)nc(OCCCC(F)(F)F)c1[N+](=O)[O-]. The van der Waals surface area contributed by atoms with E-state index in [0.29, 0.717) is 0 Å². The van der Waals surface area contributed by atoms with Crippen LogP contribution in [0.15, 0.2) is 0 Å². The van der Waals surface area contributed by atoms with Crippen LogP contribution in [-0.2, 0) is 0 Å². The molecular weight excluding hydrogens is 269 g/mol. The summed E-state index contributed by atoms with van der Waals surface area (Å²) in [5.74, 6) is -0.661. The van der Waals surface area contributed by atoms with Crippen LogP contribution >= 0.6 is 0 Å². The number of nitrogens with two attached hydrogens (primary N) is 1. The highest BCUT2D eigenvalue weighted by Crippen LogP contribution is 2.28. The van der Waals surface area contributed by atoms with Gasteiger partial charge in [0.25, 0.3) is 5.88 Å². The maximum Gasteiger partial charge on any atom is 0.389 e. The van der Waals surface area contributed by atoms with Crippen LogP contribution < -0.4 is 10.5 Å². The van der Waals surface area contributed by atoms with Gasteiger partial charge in [-0.05, 0) is 13.3 Å². The third-order valence-corrected chi connectivity index (χ3v) is 2.07. The van der Waals surface area contributed by atoms with Crippen molar-refractivity contribution in [3.63, 3.8) is 0 Å². The number of alkyl halides is 3. The molecule has 0 aliphatic rings. The first-order valence-corrected chi connectivity index (χ1v) is 5.19. The number of nitrogen functional groups attached to an aromatic ring is 1. The highest BCUT2D eigenvalue weighted by Gasteiger charge is 2.27. The number of halogens is 3. The minimum absolute atomic E-state index is 0.0108. The van der Waals surface area contributed by atoms with Gasteiger partial charge in [0, 0.05) is 6.42 Å². The van der Waals surface area contributed by atoms with Gasteiger partial charge in [-0.15, -0.1) is 0 Å². The predicted octanol–water partition coefficient (Wildman–Crippen LogP) is 2.00. The van der Waals surface area contributed by atoms with Gasteiger partial charge in [0.05, 0.1) is 11.5 Å². The van der Waals surface area contributed by atoms with E-state index in [4.69, 9.17) is 10.5 Å². The molecule has 106 valence electrons. The van der Waals surface area contributed by atoms with E-state index in [1.807, 2.05) is 0 Å². The predicted molar refractivity (Wildman–Crippen MR) is 58.6 cm³/mol. The second-order valence-corrected chi connectivity index (χ2v) is 3.65. The molecule has 1 rings (SSSR count). The molecular formula is C9H11F3N4O3. The quantitative estimate of drug-likeness (QED) is 0.502. The van der Waals surface area contributed by atoms with E-state index in [2.05, 4.69) is 9.97 Å². The van der Waals surface area contributed by atoms with Crippen molar-refractivity contribution in [2.45, 2.75) is 25.9 Å². The number of aromatic nitrogens is 2. The lowest BCUT2D eigenvalue weighted by molar-refractivity contribution is -0.387. The van der Waals surface area contributed by atoms with Gasteiger partial charge in [0.1, 0.15) is 5.69 Å². The zero-order chi connectivity index (χ0) is 14.6. The minimum Gasteiger partial charge on any atom is -0.473 e. The molecule has 0 saturated carbocycles. The lowest BCUT2D eigenvalue weighted by atomic mass is 10.3. The van der Waals surface area contributed by atoms with Gasteiger partial charge in [-0.25, -0.2) is 4.98 Å². The lowest BCUT2D eigenvalue weighted by Crippen LogP contribution is -2.11. The first-order chi connectivity index (χ1) is 8.70. The fourth-order valence-corrected chi connectivity index (χ4v) is 1.31. The number of hydrogen-bond acceptors (Lipinski definition) is 6. The molecule has 0 aromatic carbocycles. The normalized spacial score (nSPS) is 11.4.